The molecule has 0 fully saturated rings. The minimum atomic E-state index is -1.29. The maximum Gasteiger partial charge on any atom is 0.330 e. The zero-order chi connectivity index (χ0) is 25.3. The highest BCUT2D eigenvalue weighted by Crippen LogP contribution is 2.39. The number of rotatable bonds is 5. The van der Waals surface area contributed by atoms with Crippen LogP contribution in [0.15, 0.2) is 67.8 Å². The molecule has 0 amide bonds. The standard InChI is InChI=1S/C25H27FN2O2.C2H4.C2H2/c1-25(2,26)16-28-15-14-20-19-6-4-5-7-21(19)27-23(20)24(28)18-11-8-17(9-12-18)10-13-22(29)30-3;2*1-2/h4-13,24,27H,14-16H2,1-3H3;1-2H2;1-2H/b13-10+;;/t24-;;/m1../s1. The summed E-state index contributed by atoms with van der Waals surface area (Å²) in [7, 11) is 1.36. The smallest absolute Gasteiger partial charge is 0.330 e. The SMILES string of the molecule is C#C.C=C.COC(=O)/C=C/c1ccc([C@@H]2c3[nH]c4ccccc4c3CCN2CC(C)(C)F)cc1. The molecule has 4 rings (SSSR count). The third-order valence-corrected chi connectivity index (χ3v) is 5.58. The molecule has 2 heterocycles. The Labute approximate surface area is 202 Å². The molecule has 34 heavy (non-hydrogen) atoms. The summed E-state index contributed by atoms with van der Waals surface area (Å²) in [6.45, 7) is 10.4. The van der Waals surface area contributed by atoms with Crippen molar-refractivity contribution in [3.05, 3.63) is 90.1 Å². The van der Waals surface area contributed by atoms with Crippen molar-refractivity contribution >= 4 is 22.9 Å². The number of halogens is 1. The van der Waals surface area contributed by atoms with Gasteiger partial charge in [0.25, 0.3) is 0 Å². The number of terminal acetylenes is 1. The number of esters is 1. The molecule has 2 aromatic carbocycles. The van der Waals surface area contributed by atoms with Crippen molar-refractivity contribution in [3.63, 3.8) is 0 Å². The predicted octanol–water partition coefficient (Wildman–Crippen LogP) is 6.10. The monoisotopic (exact) mass is 460 g/mol. The Bertz CT molecular complexity index is 1140. The van der Waals surface area contributed by atoms with E-state index in [4.69, 9.17) is 0 Å². The molecule has 0 bridgehead atoms. The van der Waals surface area contributed by atoms with Crippen molar-refractivity contribution in [3.8, 4) is 12.8 Å². The number of aromatic amines is 1. The fourth-order valence-electron chi connectivity index (χ4n) is 4.34. The lowest BCUT2D eigenvalue weighted by Gasteiger charge is -2.38. The normalized spacial score (nSPS) is 15.5. The molecular formula is C29H33FN2O2. The summed E-state index contributed by atoms with van der Waals surface area (Å²) in [6, 6.07) is 16.4. The molecular weight excluding hydrogens is 427 g/mol. The van der Waals surface area contributed by atoms with Crippen molar-refractivity contribution in [1.29, 1.82) is 0 Å². The van der Waals surface area contributed by atoms with Crippen LogP contribution < -0.4 is 0 Å². The average molecular weight is 461 g/mol. The predicted molar refractivity (Wildman–Crippen MR) is 139 cm³/mol. The Morgan fingerprint density at radius 1 is 1.21 bits per heavy atom. The van der Waals surface area contributed by atoms with Crippen LogP contribution in [0.2, 0.25) is 0 Å². The van der Waals surface area contributed by atoms with Crippen LogP contribution in [0, 0.1) is 12.8 Å². The number of para-hydroxylation sites is 1. The maximum atomic E-state index is 14.6. The molecule has 1 N–H and O–H groups in total. The van der Waals surface area contributed by atoms with E-state index in [1.54, 1.807) is 19.9 Å². The zero-order valence-corrected chi connectivity index (χ0v) is 20.2. The number of hydrogen-bond acceptors (Lipinski definition) is 3. The van der Waals surface area contributed by atoms with Crippen molar-refractivity contribution < 1.29 is 13.9 Å². The lowest BCUT2D eigenvalue weighted by atomic mass is 9.91. The molecule has 0 saturated carbocycles. The van der Waals surface area contributed by atoms with E-state index in [-0.39, 0.29) is 12.0 Å². The van der Waals surface area contributed by atoms with Crippen LogP contribution in [0.25, 0.3) is 17.0 Å². The van der Waals surface area contributed by atoms with Gasteiger partial charge in [0.15, 0.2) is 0 Å². The molecule has 0 radical (unpaired) electrons. The van der Waals surface area contributed by atoms with Gasteiger partial charge in [0.1, 0.15) is 5.67 Å². The van der Waals surface area contributed by atoms with Crippen molar-refractivity contribution in [2.24, 2.45) is 0 Å². The van der Waals surface area contributed by atoms with E-state index in [0.717, 1.165) is 35.3 Å². The lowest BCUT2D eigenvalue weighted by molar-refractivity contribution is -0.134. The molecule has 4 nitrogen and oxygen atoms in total. The molecule has 0 aliphatic carbocycles. The van der Waals surface area contributed by atoms with Crippen molar-refractivity contribution in [1.82, 2.24) is 9.88 Å². The van der Waals surface area contributed by atoms with Gasteiger partial charge in [0.2, 0.25) is 0 Å². The number of methoxy groups -OCH3 is 1. The van der Waals surface area contributed by atoms with E-state index in [2.05, 4.69) is 71.0 Å². The number of carbonyl (C=O) groups is 1. The first-order chi connectivity index (χ1) is 16.4. The number of aromatic nitrogens is 1. The summed E-state index contributed by atoms with van der Waals surface area (Å²) in [5.74, 6) is -0.384. The molecule has 1 aliphatic heterocycles. The minimum Gasteiger partial charge on any atom is -0.466 e. The fraction of sp³-hybridized carbons (Fsp3) is 0.276. The molecule has 0 spiro atoms. The minimum absolute atomic E-state index is 0.0465. The van der Waals surface area contributed by atoms with E-state index in [1.807, 2.05) is 18.2 Å². The summed E-state index contributed by atoms with van der Waals surface area (Å²) >= 11 is 0. The number of ether oxygens (including phenoxy) is 1. The van der Waals surface area contributed by atoms with Crippen LogP contribution in [-0.2, 0) is 16.0 Å². The largest absolute Gasteiger partial charge is 0.466 e. The summed E-state index contributed by atoms with van der Waals surface area (Å²) in [6.07, 6.45) is 12.0. The second-order valence-electron chi connectivity index (χ2n) is 8.43. The highest BCUT2D eigenvalue weighted by Gasteiger charge is 2.34. The first kappa shape index (κ1) is 26.6. The van der Waals surface area contributed by atoms with E-state index < -0.39 is 5.67 Å². The number of nitrogens with zero attached hydrogens (tertiary/aromatic N) is 1. The summed E-state index contributed by atoms with van der Waals surface area (Å²) in [5, 5.41) is 1.24. The molecule has 178 valence electrons. The Morgan fingerprint density at radius 3 is 2.47 bits per heavy atom. The van der Waals surface area contributed by atoms with Gasteiger partial charge in [0.05, 0.1) is 13.2 Å². The molecule has 1 atom stereocenters. The third kappa shape index (κ3) is 6.24. The second-order valence-corrected chi connectivity index (χ2v) is 8.43. The topological polar surface area (TPSA) is 45.3 Å². The highest BCUT2D eigenvalue weighted by atomic mass is 19.1. The second kappa shape index (κ2) is 12.0. The Morgan fingerprint density at radius 2 is 1.85 bits per heavy atom. The van der Waals surface area contributed by atoms with Crippen LogP contribution in [-0.4, -0.2) is 41.7 Å². The highest BCUT2D eigenvalue weighted by molar-refractivity contribution is 5.87. The van der Waals surface area contributed by atoms with Gasteiger partial charge in [-0.3, -0.25) is 4.90 Å². The van der Waals surface area contributed by atoms with Crippen molar-refractivity contribution in [2.45, 2.75) is 32.0 Å². The van der Waals surface area contributed by atoms with Crippen LogP contribution in [0.5, 0.6) is 0 Å². The van der Waals surface area contributed by atoms with Gasteiger partial charge in [-0.1, -0.05) is 42.5 Å². The lowest BCUT2D eigenvalue weighted by Crippen LogP contribution is -2.42. The van der Waals surface area contributed by atoms with Crippen LogP contribution in [0.1, 0.15) is 42.3 Å². The van der Waals surface area contributed by atoms with Gasteiger partial charge in [-0.05, 0) is 49.1 Å². The van der Waals surface area contributed by atoms with E-state index >= 15 is 0 Å². The van der Waals surface area contributed by atoms with E-state index in [9.17, 15) is 9.18 Å². The first-order valence-electron chi connectivity index (χ1n) is 11.1. The first-order valence-corrected chi connectivity index (χ1v) is 11.1. The third-order valence-electron chi connectivity index (χ3n) is 5.58. The van der Waals surface area contributed by atoms with Gasteiger partial charge in [-0.15, -0.1) is 26.0 Å². The number of nitrogens with one attached hydrogen (secondary N) is 1. The number of alkyl halides is 1. The molecule has 5 heteroatoms. The maximum absolute atomic E-state index is 14.6. The molecule has 0 saturated heterocycles. The average Bonchev–Trinajstić information content (AvgIpc) is 3.23. The molecule has 1 aliphatic rings. The Balaban J connectivity index is 0.000000970. The van der Waals surface area contributed by atoms with Gasteiger partial charge in [0, 0.05) is 35.8 Å². The zero-order valence-electron chi connectivity index (χ0n) is 20.2. The number of hydrogen-bond donors (Lipinski definition) is 1. The molecule has 3 aromatic rings. The summed E-state index contributed by atoms with van der Waals surface area (Å²) in [4.78, 5) is 17.2. The number of H-pyrrole nitrogens is 1. The number of fused-ring (bicyclic) bond motifs is 3. The van der Waals surface area contributed by atoms with Gasteiger partial charge in [-0.25, -0.2) is 9.18 Å². The van der Waals surface area contributed by atoms with Crippen molar-refractivity contribution in [2.75, 3.05) is 20.2 Å². The number of carbonyl (C=O) groups excluding carboxylic acids is 1. The molecule has 1 aromatic heterocycles. The van der Waals surface area contributed by atoms with E-state index in [0.29, 0.717) is 6.54 Å². The fourth-order valence-corrected chi connectivity index (χ4v) is 4.34. The summed E-state index contributed by atoms with van der Waals surface area (Å²) < 4.78 is 19.3. The number of benzene rings is 2. The van der Waals surface area contributed by atoms with Crippen LogP contribution >= 0.6 is 0 Å². The molecule has 0 unspecified atom stereocenters. The van der Waals surface area contributed by atoms with Crippen LogP contribution in [0.4, 0.5) is 4.39 Å². The van der Waals surface area contributed by atoms with Crippen LogP contribution in [0.3, 0.4) is 0 Å². The quantitative estimate of drug-likeness (QED) is 0.217. The summed E-state index contributed by atoms with van der Waals surface area (Å²) in [5.41, 5.74) is 4.30. The van der Waals surface area contributed by atoms with Gasteiger partial charge < -0.3 is 9.72 Å². The Kier molecular flexibility index (Phi) is 9.41. The van der Waals surface area contributed by atoms with Gasteiger partial charge in [-0.2, -0.15) is 0 Å². The van der Waals surface area contributed by atoms with Gasteiger partial charge >= 0.3 is 5.97 Å². The Hall–Kier alpha value is -3.62. The van der Waals surface area contributed by atoms with E-state index in [1.165, 1.54) is 24.1 Å².